The van der Waals surface area contributed by atoms with Gasteiger partial charge in [-0.05, 0) is 6.92 Å². The first-order chi connectivity index (χ1) is 13.3. The van der Waals surface area contributed by atoms with Crippen molar-refractivity contribution in [3.05, 3.63) is 60.4 Å². The maximum atomic E-state index is 5.49. The first kappa shape index (κ1) is 15.5. The van der Waals surface area contributed by atoms with Gasteiger partial charge in [0.1, 0.15) is 11.5 Å². The summed E-state index contributed by atoms with van der Waals surface area (Å²) >= 11 is 0. The third-order valence-electron chi connectivity index (χ3n) is 4.63. The number of anilines is 1. The summed E-state index contributed by atoms with van der Waals surface area (Å²) in [6, 6.07) is 17.9. The van der Waals surface area contributed by atoms with Crippen LogP contribution in [0, 0.1) is 6.92 Å². The van der Waals surface area contributed by atoms with E-state index in [1.807, 2.05) is 68.6 Å². The molecule has 0 aliphatic heterocycles. The topological polar surface area (TPSA) is 81.1 Å². The number of nitrogens with zero attached hydrogens (tertiary/aromatic N) is 5. The average Bonchev–Trinajstić information content (AvgIpc) is 3.31. The van der Waals surface area contributed by atoms with Crippen LogP contribution in [0.15, 0.2) is 59.1 Å². The summed E-state index contributed by atoms with van der Waals surface area (Å²) < 4.78 is 7.24. The molecule has 27 heavy (non-hydrogen) atoms. The van der Waals surface area contributed by atoms with E-state index in [4.69, 9.17) is 9.62 Å². The number of benzene rings is 2. The highest BCUT2D eigenvalue weighted by Crippen LogP contribution is 2.34. The molecule has 0 saturated heterocycles. The average molecular weight is 356 g/mol. The van der Waals surface area contributed by atoms with E-state index >= 15 is 0 Å². The van der Waals surface area contributed by atoms with Gasteiger partial charge >= 0.3 is 0 Å². The van der Waals surface area contributed by atoms with Gasteiger partial charge in [0.2, 0.25) is 0 Å². The van der Waals surface area contributed by atoms with Crippen molar-refractivity contribution >= 4 is 22.2 Å². The van der Waals surface area contributed by atoms with Crippen molar-refractivity contribution in [3.63, 3.8) is 0 Å². The molecular formula is C20H16N6O. The lowest BCUT2D eigenvalue weighted by molar-refractivity contribution is 0.400. The predicted octanol–water partition coefficient (Wildman–Crippen LogP) is 3.95. The van der Waals surface area contributed by atoms with Crippen molar-refractivity contribution in [2.45, 2.75) is 6.92 Å². The molecule has 0 aliphatic rings. The lowest BCUT2D eigenvalue weighted by Gasteiger charge is -2.07. The van der Waals surface area contributed by atoms with Crippen LogP contribution in [0.4, 0.5) is 5.82 Å². The van der Waals surface area contributed by atoms with E-state index in [1.165, 1.54) is 0 Å². The molecule has 0 amide bonds. The van der Waals surface area contributed by atoms with E-state index in [0.717, 1.165) is 33.4 Å². The summed E-state index contributed by atoms with van der Waals surface area (Å²) in [5, 5.41) is 23.0. The van der Waals surface area contributed by atoms with E-state index in [9.17, 15) is 0 Å². The van der Waals surface area contributed by atoms with Gasteiger partial charge in [0, 0.05) is 23.4 Å². The quantitative estimate of drug-likeness (QED) is 0.527. The highest BCUT2D eigenvalue weighted by Gasteiger charge is 2.23. The zero-order valence-electron chi connectivity index (χ0n) is 14.8. The lowest BCUT2D eigenvalue weighted by atomic mass is 10.1. The van der Waals surface area contributed by atoms with Crippen molar-refractivity contribution in [2.24, 2.45) is 0 Å². The minimum Gasteiger partial charge on any atom is -0.371 e. The Bertz CT molecular complexity index is 1270. The van der Waals surface area contributed by atoms with Crippen molar-refractivity contribution < 1.29 is 4.52 Å². The van der Waals surface area contributed by atoms with Crippen LogP contribution in [0.3, 0.4) is 0 Å². The Labute approximate surface area is 154 Å². The molecule has 7 heteroatoms. The van der Waals surface area contributed by atoms with Crippen LogP contribution >= 0.6 is 0 Å². The number of rotatable bonds is 3. The molecule has 2 aromatic carbocycles. The molecule has 3 heterocycles. The minimum absolute atomic E-state index is 0.602. The number of aromatic nitrogens is 5. The van der Waals surface area contributed by atoms with Crippen molar-refractivity contribution in [1.29, 1.82) is 0 Å². The SMILES string of the molecule is CNc1nn2c(-c3c(-c4ccccc4)noc3C)nnc2c2ccccc12. The smallest absolute Gasteiger partial charge is 0.191 e. The molecule has 1 N–H and O–H groups in total. The van der Waals surface area contributed by atoms with Gasteiger partial charge in [-0.3, -0.25) is 0 Å². The maximum absolute atomic E-state index is 5.49. The fourth-order valence-corrected chi connectivity index (χ4v) is 3.35. The molecule has 0 saturated carbocycles. The second-order valence-corrected chi connectivity index (χ2v) is 6.23. The summed E-state index contributed by atoms with van der Waals surface area (Å²) in [6.07, 6.45) is 0. The molecule has 3 aromatic heterocycles. The predicted molar refractivity (Wildman–Crippen MR) is 104 cm³/mol. The number of nitrogens with one attached hydrogen (secondary N) is 1. The number of hydrogen-bond acceptors (Lipinski definition) is 6. The molecule has 0 unspecified atom stereocenters. The molecule has 5 rings (SSSR count). The largest absolute Gasteiger partial charge is 0.371 e. The summed E-state index contributed by atoms with van der Waals surface area (Å²) in [6.45, 7) is 1.87. The highest BCUT2D eigenvalue weighted by atomic mass is 16.5. The van der Waals surface area contributed by atoms with Gasteiger partial charge in [0.25, 0.3) is 0 Å². The maximum Gasteiger partial charge on any atom is 0.191 e. The zero-order chi connectivity index (χ0) is 18.4. The Kier molecular flexibility index (Phi) is 3.39. The monoisotopic (exact) mass is 356 g/mol. The normalized spacial score (nSPS) is 11.3. The van der Waals surface area contributed by atoms with Gasteiger partial charge in [-0.1, -0.05) is 59.8 Å². The summed E-state index contributed by atoms with van der Waals surface area (Å²) in [4.78, 5) is 0. The van der Waals surface area contributed by atoms with E-state index in [0.29, 0.717) is 17.2 Å². The summed E-state index contributed by atoms with van der Waals surface area (Å²) in [7, 11) is 1.85. The van der Waals surface area contributed by atoms with E-state index in [2.05, 4.69) is 20.7 Å². The fourth-order valence-electron chi connectivity index (χ4n) is 3.35. The third-order valence-corrected chi connectivity index (χ3v) is 4.63. The molecule has 0 radical (unpaired) electrons. The Morgan fingerprint density at radius 1 is 0.926 bits per heavy atom. The summed E-state index contributed by atoms with van der Waals surface area (Å²) in [5.41, 5.74) is 3.16. The van der Waals surface area contributed by atoms with E-state index in [-0.39, 0.29) is 0 Å². The molecular weight excluding hydrogens is 340 g/mol. The fraction of sp³-hybridized carbons (Fsp3) is 0.100. The van der Waals surface area contributed by atoms with Crippen LogP contribution < -0.4 is 5.32 Å². The molecule has 7 nitrogen and oxygen atoms in total. The van der Waals surface area contributed by atoms with Crippen LogP contribution in [0.1, 0.15) is 5.76 Å². The van der Waals surface area contributed by atoms with Crippen molar-refractivity contribution in [3.8, 4) is 22.6 Å². The van der Waals surface area contributed by atoms with Crippen LogP contribution in [-0.2, 0) is 0 Å². The Morgan fingerprint density at radius 2 is 1.67 bits per heavy atom. The standard InChI is InChI=1S/C20H16N6O/c1-12-16(17(25-27-12)13-8-4-3-5-9-13)20-23-22-19-15-11-7-6-10-14(15)18(21-2)24-26(19)20/h3-11H,1-2H3,(H,21,24). The van der Waals surface area contributed by atoms with Crippen LogP contribution in [-0.4, -0.2) is 32.0 Å². The second kappa shape index (κ2) is 5.91. The molecule has 0 bridgehead atoms. The zero-order valence-corrected chi connectivity index (χ0v) is 14.8. The second-order valence-electron chi connectivity index (χ2n) is 6.23. The first-order valence-electron chi connectivity index (χ1n) is 8.62. The summed E-state index contributed by atoms with van der Waals surface area (Å²) in [5.74, 6) is 2.03. The lowest BCUT2D eigenvalue weighted by Crippen LogP contribution is -2.02. The number of aryl methyl sites for hydroxylation is 1. The van der Waals surface area contributed by atoms with E-state index in [1.54, 1.807) is 4.52 Å². The van der Waals surface area contributed by atoms with Crippen LogP contribution in [0.25, 0.3) is 39.1 Å². The Morgan fingerprint density at radius 3 is 2.44 bits per heavy atom. The van der Waals surface area contributed by atoms with Crippen LogP contribution in [0.2, 0.25) is 0 Å². The molecule has 0 spiro atoms. The highest BCUT2D eigenvalue weighted by molar-refractivity contribution is 6.00. The third kappa shape index (κ3) is 2.28. The molecule has 5 aromatic rings. The number of hydrogen-bond donors (Lipinski definition) is 1. The van der Waals surface area contributed by atoms with E-state index < -0.39 is 0 Å². The van der Waals surface area contributed by atoms with Gasteiger partial charge in [0.15, 0.2) is 17.3 Å². The number of fused-ring (bicyclic) bond motifs is 3. The van der Waals surface area contributed by atoms with Gasteiger partial charge in [-0.2, -0.15) is 4.52 Å². The van der Waals surface area contributed by atoms with Gasteiger partial charge in [-0.15, -0.1) is 15.3 Å². The van der Waals surface area contributed by atoms with Gasteiger partial charge < -0.3 is 9.84 Å². The van der Waals surface area contributed by atoms with Crippen molar-refractivity contribution in [2.75, 3.05) is 12.4 Å². The molecule has 132 valence electrons. The van der Waals surface area contributed by atoms with Crippen LogP contribution in [0.5, 0.6) is 0 Å². The molecule has 0 atom stereocenters. The molecule has 0 aliphatic carbocycles. The Balaban J connectivity index is 1.83. The minimum atomic E-state index is 0.602. The Hall–Kier alpha value is -3.74. The first-order valence-corrected chi connectivity index (χ1v) is 8.62. The molecule has 0 fully saturated rings. The van der Waals surface area contributed by atoms with Gasteiger partial charge in [-0.25, -0.2) is 0 Å². The van der Waals surface area contributed by atoms with Gasteiger partial charge in [0.05, 0.1) is 5.56 Å². The van der Waals surface area contributed by atoms with Crippen molar-refractivity contribution in [1.82, 2.24) is 25.0 Å².